The number of benzene rings is 12. The van der Waals surface area contributed by atoms with E-state index in [1.807, 2.05) is 92.7 Å². The van der Waals surface area contributed by atoms with Crippen molar-refractivity contribution in [2.75, 3.05) is 29.2 Å². The highest BCUT2D eigenvalue weighted by atomic mass is 35.5. The van der Waals surface area contributed by atoms with E-state index in [0.29, 0.717) is 84.9 Å². The third kappa shape index (κ3) is 31.2. The number of nitrogen functional groups attached to an aromatic ring is 2. The molecule has 2 aliphatic rings. The number of aryl methyl sites for hydroxylation is 1. The predicted molar refractivity (Wildman–Crippen MR) is 597 cm³/mol. The molecule has 31 heteroatoms. The van der Waals surface area contributed by atoms with Gasteiger partial charge in [-0.3, -0.25) is 20.0 Å². The number of oxime groups is 2. The monoisotopic (exact) mass is 2070 g/mol. The number of nitrogens with one attached hydrogen (secondary N) is 5. The lowest BCUT2D eigenvalue weighted by Gasteiger charge is -2.10. The molecule has 20 rings (SSSR count). The third-order valence-corrected chi connectivity index (χ3v) is 27.4. The second kappa shape index (κ2) is 52.7. The number of carbonyl (C=O) groups is 2. The first-order valence-corrected chi connectivity index (χ1v) is 51.9. The van der Waals surface area contributed by atoms with Crippen LogP contribution in [-0.4, -0.2) is 96.7 Å². The zero-order valence-corrected chi connectivity index (χ0v) is 90.1. The fourth-order valence-electron chi connectivity index (χ4n) is 16.2. The zero-order chi connectivity index (χ0) is 107. The number of anilines is 4. The summed E-state index contributed by atoms with van der Waals surface area (Å²) in [6.07, 6.45) is -0.698. The smallest absolute Gasteiger partial charge is 0.416 e. The Labute approximate surface area is 873 Å². The van der Waals surface area contributed by atoms with Crippen molar-refractivity contribution >= 4 is 154 Å². The van der Waals surface area contributed by atoms with Crippen LogP contribution in [0.15, 0.2) is 247 Å². The summed E-state index contributed by atoms with van der Waals surface area (Å²) in [6, 6.07) is 71.6. The highest BCUT2D eigenvalue weighted by Gasteiger charge is 2.31. The zero-order valence-electron chi connectivity index (χ0n) is 86.9. The topological polar surface area (TPSA) is 335 Å². The van der Waals surface area contributed by atoms with Crippen LogP contribution in [0.2, 0.25) is 5.02 Å². The molecule has 0 bridgehead atoms. The van der Waals surface area contributed by atoms with Gasteiger partial charge in [0, 0.05) is 50.1 Å². The Morgan fingerprint density at radius 1 is 0.408 bits per heavy atom. The highest BCUT2D eigenvalue weighted by molar-refractivity contribution is 7.22. The molecule has 147 heavy (non-hydrogen) atoms. The minimum atomic E-state index is -4.46. The Hall–Kier alpha value is -14.2. The Balaban J connectivity index is 0.000000157. The van der Waals surface area contributed by atoms with Crippen molar-refractivity contribution in [2.45, 2.75) is 230 Å². The van der Waals surface area contributed by atoms with Gasteiger partial charge in [-0.2, -0.15) is 49.1 Å². The highest BCUT2D eigenvalue weighted by Crippen LogP contribution is 2.38. The molecule has 11 N–H and O–H groups in total. The lowest BCUT2D eigenvalue weighted by atomic mass is 9.95. The van der Waals surface area contributed by atoms with E-state index in [2.05, 4.69) is 286 Å². The van der Waals surface area contributed by atoms with Gasteiger partial charge in [-0.1, -0.05) is 310 Å². The number of thiazole rings is 3. The largest absolute Gasteiger partial charge is 0.497 e. The Bertz CT molecular complexity index is 7420. The number of carbonyl (C=O) groups excluding carboxylic acids is 2. The molecule has 0 unspecified atom stereocenters. The Kier molecular flexibility index (Phi) is 40.6. The first kappa shape index (κ1) is 113. The summed E-state index contributed by atoms with van der Waals surface area (Å²) in [6.45, 7) is 42.8. The quantitative estimate of drug-likeness (QED) is 0.0262. The number of fused-ring (bicyclic) bond motifs is 8. The molecule has 18 aromatic rings. The number of nitrogens with two attached hydrogens (primary N) is 2. The van der Waals surface area contributed by atoms with E-state index in [1.165, 1.54) is 130 Å². The number of rotatable bonds is 15. The van der Waals surface area contributed by atoms with Gasteiger partial charge in [-0.25, -0.2) is 23.7 Å². The van der Waals surface area contributed by atoms with Crippen LogP contribution >= 0.6 is 45.6 Å². The van der Waals surface area contributed by atoms with Gasteiger partial charge >= 0.3 is 6.18 Å². The van der Waals surface area contributed by atoms with Gasteiger partial charge in [-0.15, -0.1) is 0 Å². The number of aromatic amines is 3. The molecule has 0 saturated carbocycles. The molecular formula is C116H131ClF5N17O5S3. The van der Waals surface area contributed by atoms with Gasteiger partial charge in [0.2, 0.25) is 0 Å². The van der Waals surface area contributed by atoms with Crippen LogP contribution in [0, 0.1) is 11.6 Å². The second-order valence-electron chi connectivity index (χ2n) is 38.6. The minimum absolute atomic E-state index is 0.0252. The predicted octanol–water partition coefficient (Wildman–Crippen LogP) is 32.2. The molecule has 0 fully saturated rings. The lowest BCUT2D eigenvalue weighted by Crippen LogP contribution is -2.13. The van der Waals surface area contributed by atoms with E-state index in [9.17, 15) is 31.5 Å². The summed E-state index contributed by atoms with van der Waals surface area (Å²) in [7, 11) is 1.69. The van der Waals surface area contributed by atoms with Crippen LogP contribution in [0.4, 0.5) is 43.0 Å². The number of halogens is 6. The fraction of sp³-hybridized carbons (Fsp3) is 0.310. The number of hydrogen-bond acceptors (Lipinski definition) is 20. The summed E-state index contributed by atoms with van der Waals surface area (Å²) in [5, 5.41) is 61.7. The van der Waals surface area contributed by atoms with Gasteiger partial charge < -0.3 is 31.9 Å². The van der Waals surface area contributed by atoms with Crippen LogP contribution in [0.25, 0.3) is 63.6 Å². The first-order valence-electron chi connectivity index (χ1n) is 49.1. The molecule has 0 radical (unpaired) electrons. The molecule has 22 nitrogen and oxygen atoms in total. The van der Waals surface area contributed by atoms with E-state index >= 15 is 0 Å². The maximum Gasteiger partial charge on any atom is 0.416 e. The second-order valence-corrected chi connectivity index (χ2v) is 42.2. The number of para-hydroxylation sites is 2. The number of methoxy groups -OCH3 is 1. The van der Waals surface area contributed by atoms with Crippen molar-refractivity contribution < 1.29 is 46.7 Å². The van der Waals surface area contributed by atoms with Crippen LogP contribution in [-0.2, 0) is 19.0 Å². The molecule has 6 aromatic heterocycles. The summed E-state index contributed by atoms with van der Waals surface area (Å²) in [5.41, 5.74) is 37.3. The third-order valence-electron chi connectivity index (χ3n) is 24.5. The normalized spacial score (nSPS) is 12.5. The number of amides is 2. The number of alkyl halides is 3. The average Bonchev–Trinajstić information content (AvgIpc) is 1.85. The molecule has 0 atom stereocenters. The van der Waals surface area contributed by atoms with E-state index < -0.39 is 23.5 Å². The number of aromatic nitrogens is 11. The summed E-state index contributed by atoms with van der Waals surface area (Å²) in [5.74, 6) is 4.05. The van der Waals surface area contributed by atoms with E-state index in [4.69, 9.17) is 38.2 Å². The lowest BCUT2D eigenvalue weighted by molar-refractivity contribution is -0.137. The maximum absolute atomic E-state index is 13.2. The van der Waals surface area contributed by atoms with Crippen molar-refractivity contribution in [1.29, 1.82) is 0 Å². The summed E-state index contributed by atoms with van der Waals surface area (Å²) in [4.78, 5) is 37.1. The molecule has 0 saturated heterocycles. The Morgan fingerprint density at radius 2 is 0.946 bits per heavy atom. The van der Waals surface area contributed by atoms with Gasteiger partial charge in [0.05, 0.1) is 60.3 Å². The van der Waals surface area contributed by atoms with E-state index in [0.717, 1.165) is 126 Å². The SMILES string of the molecule is CC(C)c1[nH]nc2ccccc12.CC(C)c1cc(Cl)cc2n[nH]nc12.CC(C)c1cc(F)cc2n[nH]nc12.CC(C)c1ccc(NC(=O)c2cccc(C(F)(F)F)c2)cc1.CC(C)c1ccc2c(c1)CC/C2=N/O.CC(C)c1ccc2nc(NC(=O)c3cccc(F)c3)sc2c1.CC(C)c1ccc2sc(N)nc2c1.CC(C)c1cccc2c1CC/C2=N\O.CC(C)c1cccc2sc(N)nc12.COc1cccc(C(C)C)c1. The molecule has 0 aliphatic heterocycles. The molecular weight excluding hydrogens is 1940 g/mol. The molecule has 770 valence electrons. The van der Waals surface area contributed by atoms with Gasteiger partial charge in [0.25, 0.3) is 11.8 Å². The van der Waals surface area contributed by atoms with Crippen LogP contribution < -0.4 is 26.8 Å². The number of hydrogen-bond donors (Lipinski definition) is 9. The van der Waals surface area contributed by atoms with Crippen LogP contribution in [0.3, 0.4) is 0 Å². The van der Waals surface area contributed by atoms with Crippen LogP contribution in [0.1, 0.15) is 315 Å². The van der Waals surface area contributed by atoms with Gasteiger partial charge in [-0.05, 0) is 261 Å². The number of ether oxygens (including phenoxy) is 1. The first-order chi connectivity index (χ1) is 70.0. The van der Waals surface area contributed by atoms with E-state index in [-0.39, 0.29) is 28.8 Å². The van der Waals surface area contributed by atoms with Crippen LogP contribution in [0.5, 0.6) is 5.75 Å². The number of nitrogens with zero attached hydrogens (tertiary/aromatic N) is 10. The minimum Gasteiger partial charge on any atom is -0.497 e. The molecule has 2 aliphatic carbocycles. The fourth-order valence-corrected chi connectivity index (χ4v) is 18.8. The van der Waals surface area contributed by atoms with E-state index in [1.54, 1.807) is 36.6 Å². The maximum atomic E-state index is 13.2. The van der Waals surface area contributed by atoms with Crippen molar-refractivity contribution in [3.63, 3.8) is 0 Å². The summed E-state index contributed by atoms with van der Waals surface area (Å²) >= 11 is 10.5. The standard InChI is InChI=1S/C17H16F3NO.C17H15FN2OS.2C12H15NO.2C10H12N2S.C10H12N2.C10H14O.C9H10ClN3.C9H10FN3/c1-11(2)12-6-8-15(9-7-12)21-16(22)13-4-3-5-14(10-13)17(18,19)20;1-10(2)11-6-7-14-15(9-11)22-17(19-14)20-16(21)12-4-3-5-13(18)8-12;1-8(2)9-3-5-11-10(7-9)4-6-12(11)13-14;1-8(2)9-4-3-5-11-10(9)6-7-12(11)13-14;1-6(2)7-3-4-9-8(5-7)12-10(11)13-9;1-6(2)7-4-3-5-8-9(7)12-10(11)13-8;1-7(2)10-8-5-3-4-6-9(8)11-12-10;1-8(2)9-5-4-6-10(7-9)11-3;2*1-5(2)7-3-6(10)4-8-9(7)12-13-11-8/h3-11H,1-2H3,(H,21,22);3-10H,1-2H3,(H,19,20,21);3,5,7-8,14H,4,6H2,1-2H3;3-5,8,14H,6-7H2,1-2H3;2*3-6H,1-2H3,(H2,11,12);3-7H,1-2H3,(H,11,12);4-8H,1-3H3;2*3-5H,1-2H3,(H,11,12,13)/b;;13-12-;13-12+;;;;;;. The average molecular weight is 2070 g/mol. The van der Waals surface area contributed by atoms with Gasteiger partial charge in [0.15, 0.2) is 15.4 Å². The number of H-pyrrole nitrogens is 3. The molecule has 0 spiro atoms. The van der Waals surface area contributed by atoms with Crippen molar-refractivity contribution in [3.05, 3.63) is 348 Å². The molecule has 6 heterocycles. The molecule has 12 aromatic carbocycles. The van der Waals surface area contributed by atoms with Crippen molar-refractivity contribution in [3.8, 4) is 5.75 Å². The Morgan fingerprint density at radius 3 is 1.57 bits per heavy atom. The van der Waals surface area contributed by atoms with Crippen molar-refractivity contribution in [1.82, 2.24) is 56.0 Å². The van der Waals surface area contributed by atoms with Crippen molar-refractivity contribution in [2.24, 2.45) is 10.3 Å². The van der Waals surface area contributed by atoms with Gasteiger partial charge in [0.1, 0.15) is 39.5 Å². The molecule has 2 amide bonds. The summed E-state index contributed by atoms with van der Waals surface area (Å²) < 4.78 is 72.6.